The maximum Gasteiger partial charge on any atom is 0.213 e. The Labute approximate surface area is 198 Å². The number of allylic oxidation sites excluding steroid dienone is 4. The van der Waals surface area contributed by atoms with E-state index in [0.29, 0.717) is 18.6 Å². The van der Waals surface area contributed by atoms with Gasteiger partial charge in [-0.15, -0.1) is 10.2 Å². The van der Waals surface area contributed by atoms with Crippen LogP contribution in [0.3, 0.4) is 0 Å². The van der Waals surface area contributed by atoms with Gasteiger partial charge in [0, 0.05) is 18.2 Å². The van der Waals surface area contributed by atoms with E-state index in [1.54, 1.807) is 0 Å². The number of fused-ring (bicyclic) bond motifs is 1. The van der Waals surface area contributed by atoms with E-state index in [0.717, 1.165) is 38.7 Å². The fraction of sp³-hybridized carbons (Fsp3) is 0.435. The van der Waals surface area contributed by atoms with Crippen LogP contribution in [0.25, 0.3) is 16.1 Å². The van der Waals surface area contributed by atoms with Crippen molar-refractivity contribution in [2.45, 2.75) is 45.3 Å². The average Bonchev–Trinajstić information content (AvgIpc) is 3.41. The maximum atomic E-state index is 12.2. The van der Waals surface area contributed by atoms with Crippen LogP contribution >= 0.6 is 11.3 Å². The molecule has 0 saturated carbocycles. The number of nitrogens with one attached hydrogen (secondary N) is 1. The van der Waals surface area contributed by atoms with Gasteiger partial charge in [0.05, 0.1) is 17.9 Å². The first-order valence-electron chi connectivity index (χ1n) is 10.9. The summed E-state index contributed by atoms with van der Waals surface area (Å²) in [6.07, 6.45) is 5.80. The Balaban J connectivity index is 1.59. The predicted molar refractivity (Wildman–Crippen MR) is 128 cm³/mol. The van der Waals surface area contributed by atoms with Gasteiger partial charge in [-0.1, -0.05) is 35.6 Å². The summed E-state index contributed by atoms with van der Waals surface area (Å²) in [4.78, 5) is 0. The van der Waals surface area contributed by atoms with Crippen LogP contribution in [-0.2, 0) is 21.2 Å². The first kappa shape index (κ1) is 23.6. The number of benzene rings is 1. The molecule has 0 amide bonds. The Bertz CT molecular complexity index is 1240. The van der Waals surface area contributed by atoms with Crippen LogP contribution in [0.4, 0.5) is 0 Å². The smallest absolute Gasteiger partial charge is 0.213 e. The SMILES string of the molecule is CC(C)OC1=CC=C(c2nnc(-c3cccc4c3CCC4NS(=O)(=O)CCN)s2)CC1C#N. The molecule has 33 heavy (non-hydrogen) atoms. The normalized spacial score (nSPS) is 20.2. The zero-order valence-corrected chi connectivity index (χ0v) is 20.2. The lowest BCUT2D eigenvalue weighted by Crippen LogP contribution is -2.32. The second-order valence-corrected chi connectivity index (χ2v) is 11.3. The van der Waals surface area contributed by atoms with Crippen molar-refractivity contribution in [2.75, 3.05) is 12.3 Å². The van der Waals surface area contributed by atoms with Gasteiger partial charge in [0.1, 0.15) is 21.7 Å². The van der Waals surface area contributed by atoms with Crippen molar-refractivity contribution in [3.8, 4) is 16.6 Å². The van der Waals surface area contributed by atoms with Gasteiger partial charge in [-0.2, -0.15) is 5.26 Å². The lowest BCUT2D eigenvalue weighted by atomic mass is 9.94. The number of ether oxygens (including phenoxy) is 1. The molecule has 0 saturated heterocycles. The molecule has 2 unspecified atom stereocenters. The number of hydrogen-bond donors (Lipinski definition) is 2. The summed E-state index contributed by atoms with van der Waals surface area (Å²) in [7, 11) is -3.42. The van der Waals surface area contributed by atoms with Gasteiger partial charge in [-0.05, 0) is 55.9 Å². The molecule has 4 rings (SSSR count). The first-order chi connectivity index (χ1) is 15.8. The largest absolute Gasteiger partial charge is 0.494 e. The van der Waals surface area contributed by atoms with Crippen molar-refractivity contribution in [1.29, 1.82) is 5.26 Å². The van der Waals surface area contributed by atoms with E-state index in [9.17, 15) is 13.7 Å². The molecule has 3 N–H and O–H groups in total. The molecule has 1 aromatic carbocycles. The molecular weight excluding hydrogens is 458 g/mol. The molecule has 2 aliphatic rings. The van der Waals surface area contributed by atoms with Crippen LogP contribution in [0.5, 0.6) is 0 Å². The minimum Gasteiger partial charge on any atom is -0.494 e. The highest BCUT2D eigenvalue weighted by molar-refractivity contribution is 7.89. The monoisotopic (exact) mass is 485 g/mol. The first-order valence-corrected chi connectivity index (χ1v) is 13.4. The van der Waals surface area contributed by atoms with Crippen molar-refractivity contribution in [3.63, 3.8) is 0 Å². The second-order valence-electron chi connectivity index (χ2n) is 8.42. The summed E-state index contributed by atoms with van der Waals surface area (Å²) < 4.78 is 33.0. The molecule has 1 aromatic heterocycles. The number of nitrogens with two attached hydrogens (primary N) is 1. The lowest BCUT2D eigenvalue weighted by Gasteiger charge is -2.21. The van der Waals surface area contributed by atoms with E-state index in [2.05, 4.69) is 21.0 Å². The minimum atomic E-state index is -3.42. The van der Waals surface area contributed by atoms with Crippen LogP contribution in [-0.4, -0.2) is 37.0 Å². The fourth-order valence-electron chi connectivity index (χ4n) is 4.22. The molecule has 0 bridgehead atoms. The molecule has 2 aliphatic carbocycles. The van der Waals surface area contributed by atoms with E-state index in [-0.39, 0.29) is 30.4 Å². The molecule has 174 valence electrons. The number of rotatable bonds is 8. The van der Waals surface area contributed by atoms with Gasteiger partial charge >= 0.3 is 0 Å². The fourth-order valence-corrected chi connectivity index (χ4v) is 6.26. The molecule has 0 radical (unpaired) electrons. The summed E-state index contributed by atoms with van der Waals surface area (Å²) >= 11 is 1.48. The zero-order chi connectivity index (χ0) is 23.6. The highest BCUT2D eigenvalue weighted by Crippen LogP contribution is 2.41. The Hall–Kier alpha value is -2.58. The van der Waals surface area contributed by atoms with Crippen LogP contribution in [0, 0.1) is 17.2 Å². The van der Waals surface area contributed by atoms with Gasteiger partial charge in [-0.3, -0.25) is 0 Å². The van der Waals surface area contributed by atoms with Crippen molar-refractivity contribution in [3.05, 3.63) is 52.2 Å². The number of nitrogens with zero attached hydrogens (tertiary/aromatic N) is 3. The summed E-state index contributed by atoms with van der Waals surface area (Å²) in [5.74, 6) is 0.253. The van der Waals surface area contributed by atoms with Gasteiger partial charge in [-0.25, -0.2) is 13.1 Å². The van der Waals surface area contributed by atoms with Crippen LogP contribution in [0.1, 0.15) is 48.9 Å². The topological polar surface area (TPSA) is 131 Å². The number of sulfonamides is 1. The second kappa shape index (κ2) is 9.73. The molecule has 1 heterocycles. The molecule has 8 nitrogen and oxygen atoms in total. The van der Waals surface area contributed by atoms with E-state index in [4.69, 9.17) is 10.5 Å². The van der Waals surface area contributed by atoms with E-state index < -0.39 is 10.0 Å². The molecule has 0 spiro atoms. The van der Waals surface area contributed by atoms with E-state index in [1.807, 2.05) is 44.2 Å². The maximum absolute atomic E-state index is 12.2. The molecule has 2 atom stereocenters. The highest BCUT2D eigenvalue weighted by atomic mass is 32.2. The third-order valence-corrected chi connectivity index (χ3v) is 8.10. The van der Waals surface area contributed by atoms with E-state index in [1.165, 1.54) is 11.3 Å². The Morgan fingerprint density at radius 1 is 1.30 bits per heavy atom. The van der Waals surface area contributed by atoms with Gasteiger partial charge in [0.2, 0.25) is 10.0 Å². The third kappa shape index (κ3) is 5.17. The minimum absolute atomic E-state index is 0.0129. The molecule has 2 aromatic rings. The number of hydrogen-bond acceptors (Lipinski definition) is 8. The quantitative estimate of drug-likeness (QED) is 0.586. The van der Waals surface area contributed by atoms with Crippen molar-refractivity contribution in [2.24, 2.45) is 11.7 Å². The Morgan fingerprint density at radius 3 is 2.82 bits per heavy atom. The zero-order valence-electron chi connectivity index (χ0n) is 18.6. The summed E-state index contributed by atoms with van der Waals surface area (Å²) in [6, 6.07) is 7.95. The summed E-state index contributed by atoms with van der Waals surface area (Å²) in [5, 5.41) is 20.0. The number of nitriles is 1. The number of aromatic nitrogens is 2. The van der Waals surface area contributed by atoms with Crippen molar-refractivity contribution < 1.29 is 13.2 Å². The predicted octanol–water partition coefficient (Wildman–Crippen LogP) is 3.31. The highest BCUT2D eigenvalue weighted by Gasteiger charge is 2.29. The van der Waals surface area contributed by atoms with Crippen LogP contribution < -0.4 is 10.5 Å². The Kier molecular flexibility index (Phi) is 6.95. The van der Waals surface area contributed by atoms with E-state index >= 15 is 0 Å². The van der Waals surface area contributed by atoms with Crippen LogP contribution in [0.2, 0.25) is 0 Å². The molecule has 0 aliphatic heterocycles. The Morgan fingerprint density at radius 2 is 2.09 bits per heavy atom. The molecule has 10 heteroatoms. The van der Waals surface area contributed by atoms with Gasteiger partial charge < -0.3 is 10.5 Å². The molecule has 0 fully saturated rings. The summed E-state index contributed by atoms with van der Waals surface area (Å²) in [6.45, 7) is 3.97. The van der Waals surface area contributed by atoms with Gasteiger partial charge in [0.15, 0.2) is 0 Å². The van der Waals surface area contributed by atoms with Crippen molar-refractivity contribution >= 4 is 26.9 Å². The van der Waals surface area contributed by atoms with Crippen molar-refractivity contribution in [1.82, 2.24) is 14.9 Å². The van der Waals surface area contributed by atoms with Crippen LogP contribution in [0.15, 0.2) is 36.1 Å². The summed E-state index contributed by atoms with van der Waals surface area (Å²) in [5.41, 5.74) is 9.44. The standard InChI is InChI=1S/C23H27N5O3S2/c1-14(2)31-21-9-6-15(12-16(21)13-25)22-26-27-23(32-22)19-5-3-4-18-17(19)7-8-20(18)28-33(29,30)11-10-24/h3-6,9,14,16,20,28H,7-8,10-12,24H2,1-2H3. The molecular formula is C23H27N5O3S2. The lowest BCUT2D eigenvalue weighted by molar-refractivity contribution is 0.129. The van der Waals surface area contributed by atoms with Gasteiger partial charge in [0.25, 0.3) is 0 Å². The average molecular weight is 486 g/mol. The third-order valence-electron chi connectivity index (χ3n) is 5.65.